The third-order valence-corrected chi connectivity index (χ3v) is 5.44. The molecule has 1 aliphatic heterocycles. The molecule has 2 heterocycles. The Labute approximate surface area is 128 Å². The molecule has 1 N–H and O–H groups in total. The van der Waals surface area contributed by atoms with E-state index in [2.05, 4.69) is 49.4 Å². The van der Waals surface area contributed by atoms with Crippen molar-refractivity contribution in [3.8, 4) is 0 Å². The first-order valence-electron chi connectivity index (χ1n) is 8.09. The van der Waals surface area contributed by atoms with Gasteiger partial charge < -0.3 is 5.32 Å². The molecule has 0 bridgehead atoms. The molecule has 1 aromatic rings. The molecule has 1 saturated heterocycles. The highest BCUT2D eigenvalue weighted by Gasteiger charge is 2.36. The number of aryl methyl sites for hydroxylation is 1. The van der Waals surface area contributed by atoms with Crippen LogP contribution in [0.4, 0.5) is 0 Å². The maximum atomic E-state index is 3.80. The van der Waals surface area contributed by atoms with E-state index in [0.717, 1.165) is 6.54 Å². The maximum Gasteiger partial charge on any atom is 0.0510 e. The van der Waals surface area contributed by atoms with E-state index in [1.165, 1.54) is 49.2 Å². The number of thiophene rings is 1. The lowest BCUT2D eigenvalue weighted by Crippen LogP contribution is -2.54. The number of likely N-dealkylation sites (tertiary alicyclic amines) is 1. The molecule has 2 rings (SSSR count). The minimum absolute atomic E-state index is 0.184. The largest absolute Gasteiger partial charge is 0.308 e. The van der Waals surface area contributed by atoms with E-state index in [1.807, 2.05) is 11.3 Å². The lowest BCUT2D eigenvalue weighted by molar-refractivity contribution is 0.0609. The number of hydrogen-bond donors (Lipinski definition) is 1. The van der Waals surface area contributed by atoms with Gasteiger partial charge in [-0.2, -0.15) is 0 Å². The Hall–Kier alpha value is -0.380. The monoisotopic (exact) mass is 294 g/mol. The van der Waals surface area contributed by atoms with E-state index in [-0.39, 0.29) is 5.54 Å². The van der Waals surface area contributed by atoms with Crippen molar-refractivity contribution in [3.05, 3.63) is 21.9 Å². The summed E-state index contributed by atoms with van der Waals surface area (Å²) in [5.74, 6) is 0. The molecule has 114 valence electrons. The summed E-state index contributed by atoms with van der Waals surface area (Å²) in [6.45, 7) is 12.9. The van der Waals surface area contributed by atoms with Crippen LogP contribution >= 0.6 is 11.3 Å². The van der Waals surface area contributed by atoms with Crippen LogP contribution in [0.2, 0.25) is 0 Å². The van der Waals surface area contributed by atoms with Crippen molar-refractivity contribution in [2.75, 3.05) is 19.6 Å². The van der Waals surface area contributed by atoms with Crippen LogP contribution in [0.25, 0.3) is 0 Å². The van der Waals surface area contributed by atoms with E-state index in [0.29, 0.717) is 6.04 Å². The summed E-state index contributed by atoms with van der Waals surface area (Å²) in [6.07, 6.45) is 5.30. The van der Waals surface area contributed by atoms with Gasteiger partial charge in [-0.15, -0.1) is 11.3 Å². The first-order valence-corrected chi connectivity index (χ1v) is 8.97. The maximum absolute atomic E-state index is 3.80. The SMILES string of the molecule is CCCNC(c1csc(C)c1)C(C)(C)N1CCCCC1. The van der Waals surface area contributed by atoms with Crippen LogP contribution in [-0.4, -0.2) is 30.1 Å². The van der Waals surface area contributed by atoms with Crippen LogP contribution < -0.4 is 5.32 Å². The van der Waals surface area contributed by atoms with Gasteiger partial charge in [0, 0.05) is 10.4 Å². The van der Waals surface area contributed by atoms with Crippen molar-refractivity contribution >= 4 is 11.3 Å². The number of piperidine rings is 1. The van der Waals surface area contributed by atoms with Gasteiger partial charge in [-0.25, -0.2) is 0 Å². The highest BCUT2D eigenvalue weighted by atomic mass is 32.1. The Bertz CT molecular complexity index is 405. The first-order chi connectivity index (χ1) is 9.55. The summed E-state index contributed by atoms with van der Waals surface area (Å²) in [6, 6.07) is 2.80. The molecule has 2 nitrogen and oxygen atoms in total. The fraction of sp³-hybridized carbons (Fsp3) is 0.765. The lowest BCUT2D eigenvalue weighted by atomic mass is 9.86. The molecule has 0 aliphatic carbocycles. The molecule has 1 aromatic heterocycles. The third-order valence-electron chi connectivity index (χ3n) is 4.56. The van der Waals surface area contributed by atoms with E-state index in [9.17, 15) is 0 Å². The second-order valence-corrected chi connectivity index (χ2v) is 7.69. The van der Waals surface area contributed by atoms with Crippen molar-refractivity contribution in [2.45, 2.75) is 65.0 Å². The zero-order valence-corrected chi connectivity index (χ0v) is 14.4. The molecule has 0 radical (unpaired) electrons. The second-order valence-electron chi connectivity index (χ2n) is 6.58. The third kappa shape index (κ3) is 3.63. The van der Waals surface area contributed by atoms with Crippen LogP contribution in [0.15, 0.2) is 11.4 Å². The van der Waals surface area contributed by atoms with Gasteiger partial charge in [0.15, 0.2) is 0 Å². The van der Waals surface area contributed by atoms with Crippen LogP contribution in [0.5, 0.6) is 0 Å². The molecule has 1 aliphatic rings. The quantitative estimate of drug-likeness (QED) is 0.838. The Morgan fingerprint density at radius 2 is 2.00 bits per heavy atom. The van der Waals surface area contributed by atoms with Crippen LogP contribution in [0.3, 0.4) is 0 Å². The predicted octanol–water partition coefficient (Wildman–Crippen LogP) is 4.36. The van der Waals surface area contributed by atoms with Crippen LogP contribution in [0, 0.1) is 6.92 Å². The zero-order valence-electron chi connectivity index (χ0n) is 13.5. The molecular formula is C17H30N2S. The van der Waals surface area contributed by atoms with Gasteiger partial charge in [-0.05, 0) is 76.7 Å². The minimum atomic E-state index is 0.184. The summed E-state index contributed by atoms with van der Waals surface area (Å²) in [7, 11) is 0. The van der Waals surface area contributed by atoms with Crippen molar-refractivity contribution in [1.82, 2.24) is 10.2 Å². The van der Waals surface area contributed by atoms with E-state index in [1.54, 1.807) is 0 Å². The second kappa shape index (κ2) is 7.06. The Morgan fingerprint density at radius 1 is 1.30 bits per heavy atom. The number of nitrogens with zero attached hydrogens (tertiary/aromatic N) is 1. The zero-order chi connectivity index (χ0) is 14.6. The van der Waals surface area contributed by atoms with Crippen LogP contribution in [-0.2, 0) is 0 Å². The topological polar surface area (TPSA) is 15.3 Å². The number of nitrogens with one attached hydrogen (secondary N) is 1. The molecule has 20 heavy (non-hydrogen) atoms. The van der Waals surface area contributed by atoms with Gasteiger partial charge in [-0.3, -0.25) is 4.90 Å². The molecule has 0 amide bonds. The summed E-state index contributed by atoms with van der Waals surface area (Å²) in [5.41, 5.74) is 1.65. The standard InChI is InChI=1S/C17H30N2S/c1-5-9-18-16(15-12-14(2)20-13-15)17(3,4)19-10-7-6-8-11-19/h12-13,16,18H,5-11H2,1-4H3. The summed E-state index contributed by atoms with van der Waals surface area (Å²) in [5, 5.41) is 6.14. The molecular weight excluding hydrogens is 264 g/mol. The first kappa shape index (κ1) is 16.0. The van der Waals surface area contributed by atoms with Crippen molar-refractivity contribution < 1.29 is 0 Å². The molecule has 3 heteroatoms. The Morgan fingerprint density at radius 3 is 2.55 bits per heavy atom. The van der Waals surface area contributed by atoms with Gasteiger partial charge in [0.25, 0.3) is 0 Å². The van der Waals surface area contributed by atoms with Gasteiger partial charge in [0.2, 0.25) is 0 Å². The summed E-state index contributed by atoms with van der Waals surface area (Å²) < 4.78 is 0. The molecule has 0 saturated carbocycles. The molecule has 1 fully saturated rings. The van der Waals surface area contributed by atoms with E-state index >= 15 is 0 Å². The lowest BCUT2D eigenvalue weighted by Gasteiger charge is -2.46. The van der Waals surface area contributed by atoms with Gasteiger partial charge in [0.05, 0.1) is 6.04 Å². The molecule has 1 unspecified atom stereocenters. The van der Waals surface area contributed by atoms with Gasteiger partial charge in [0.1, 0.15) is 0 Å². The van der Waals surface area contributed by atoms with E-state index in [4.69, 9.17) is 0 Å². The van der Waals surface area contributed by atoms with E-state index < -0.39 is 0 Å². The van der Waals surface area contributed by atoms with Crippen molar-refractivity contribution in [1.29, 1.82) is 0 Å². The fourth-order valence-electron chi connectivity index (χ4n) is 3.33. The van der Waals surface area contributed by atoms with Gasteiger partial charge >= 0.3 is 0 Å². The Balaban J connectivity index is 2.19. The van der Waals surface area contributed by atoms with Crippen molar-refractivity contribution in [2.24, 2.45) is 0 Å². The summed E-state index contributed by atoms with van der Waals surface area (Å²) in [4.78, 5) is 4.11. The normalized spacial score (nSPS) is 19.2. The fourth-order valence-corrected chi connectivity index (χ4v) is 4.06. The van der Waals surface area contributed by atoms with Crippen LogP contribution in [0.1, 0.15) is 62.9 Å². The highest BCUT2D eigenvalue weighted by molar-refractivity contribution is 7.10. The highest BCUT2D eigenvalue weighted by Crippen LogP contribution is 2.35. The summed E-state index contributed by atoms with van der Waals surface area (Å²) >= 11 is 1.87. The molecule has 1 atom stereocenters. The number of hydrogen-bond acceptors (Lipinski definition) is 3. The predicted molar refractivity (Wildman–Crippen MR) is 89.6 cm³/mol. The smallest absolute Gasteiger partial charge is 0.0510 e. The average molecular weight is 295 g/mol. The Kier molecular flexibility index (Phi) is 5.65. The number of rotatable bonds is 6. The minimum Gasteiger partial charge on any atom is -0.308 e. The van der Waals surface area contributed by atoms with Crippen molar-refractivity contribution in [3.63, 3.8) is 0 Å². The molecule has 0 aromatic carbocycles. The van der Waals surface area contributed by atoms with Gasteiger partial charge in [-0.1, -0.05) is 13.3 Å². The average Bonchev–Trinajstić information content (AvgIpc) is 2.86. The molecule has 0 spiro atoms.